The number of aromatic nitrogens is 1. The minimum absolute atomic E-state index is 0.393. The van der Waals surface area contributed by atoms with Crippen LogP contribution in [-0.2, 0) is 6.42 Å². The third kappa shape index (κ3) is 2.37. The van der Waals surface area contributed by atoms with E-state index >= 15 is 0 Å². The smallest absolute Gasteiger partial charge is 0.127 e. The summed E-state index contributed by atoms with van der Waals surface area (Å²) in [6.45, 7) is 1.60. The normalized spacial score (nSPS) is 14.8. The van der Waals surface area contributed by atoms with Crippen molar-refractivity contribution in [2.24, 2.45) is 0 Å². The predicted octanol–water partition coefficient (Wildman–Crippen LogP) is 1.01. The number of hydrogen-bond donors (Lipinski definition) is 1. The number of terminal acetylenes is 1. The highest BCUT2D eigenvalue weighted by Gasteiger charge is 2.17. The highest BCUT2D eigenvalue weighted by atomic mass is 16.3. The molecule has 1 aromatic rings. The number of hydrogen-bond acceptors (Lipinski definition) is 2. The maximum atomic E-state index is 9.50. The lowest BCUT2D eigenvalue weighted by Gasteiger charge is -2.14. The van der Waals surface area contributed by atoms with Crippen LogP contribution in [0.5, 0.6) is 0 Å². The fourth-order valence-electron chi connectivity index (χ4n) is 0.906. The zero-order chi connectivity index (χ0) is 9.03. The molecule has 0 aliphatic rings. The van der Waals surface area contributed by atoms with Crippen LogP contribution in [0.1, 0.15) is 12.6 Å². The van der Waals surface area contributed by atoms with Gasteiger partial charge in [0.1, 0.15) is 5.60 Å². The van der Waals surface area contributed by atoms with Crippen LogP contribution in [0.15, 0.2) is 24.4 Å². The van der Waals surface area contributed by atoms with Gasteiger partial charge in [0.15, 0.2) is 0 Å². The zero-order valence-electron chi connectivity index (χ0n) is 6.99. The van der Waals surface area contributed by atoms with Crippen LogP contribution in [0.25, 0.3) is 0 Å². The first-order chi connectivity index (χ1) is 5.64. The molecule has 0 amide bonds. The summed E-state index contributed by atoms with van der Waals surface area (Å²) >= 11 is 0. The Morgan fingerprint density at radius 2 is 2.42 bits per heavy atom. The standard InChI is InChI=1S/C10H11NO/c1-3-10(2,12)8-9-6-4-5-7-11-9/h1,4-7,12H,8H2,2H3. The molecule has 0 radical (unpaired) electrons. The lowest BCUT2D eigenvalue weighted by atomic mass is 10.0. The molecule has 2 heteroatoms. The van der Waals surface area contributed by atoms with E-state index in [2.05, 4.69) is 10.9 Å². The van der Waals surface area contributed by atoms with Crippen molar-refractivity contribution in [3.63, 3.8) is 0 Å². The summed E-state index contributed by atoms with van der Waals surface area (Å²) in [7, 11) is 0. The summed E-state index contributed by atoms with van der Waals surface area (Å²) in [4.78, 5) is 4.06. The van der Waals surface area contributed by atoms with Crippen LogP contribution in [0, 0.1) is 12.3 Å². The molecule has 0 bridgehead atoms. The molecule has 1 heterocycles. The van der Waals surface area contributed by atoms with Gasteiger partial charge in [0.05, 0.1) is 0 Å². The van der Waals surface area contributed by atoms with E-state index in [0.29, 0.717) is 6.42 Å². The second kappa shape index (κ2) is 3.38. The third-order valence-corrected chi connectivity index (χ3v) is 1.56. The Labute approximate surface area is 72.3 Å². The van der Waals surface area contributed by atoms with Gasteiger partial charge in [-0.1, -0.05) is 12.0 Å². The molecule has 1 atom stereocenters. The largest absolute Gasteiger partial charge is 0.378 e. The maximum Gasteiger partial charge on any atom is 0.127 e. The Balaban J connectivity index is 2.72. The number of nitrogens with zero attached hydrogens (tertiary/aromatic N) is 1. The minimum atomic E-state index is -1.09. The quantitative estimate of drug-likeness (QED) is 0.656. The summed E-state index contributed by atoms with van der Waals surface area (Å²) in [5.74, 6) is 2.31. The Kier molecular flexibility index (Phi) is 2.47. The van der Waals surface area contributed by atoms with Crippen molar-refractivity contribution in [3.8, 4) is 12.3 Å². The lowest BCUT2D eigenvalue weighted by Crippen LogP contribution is -2.24. The number of rotatable bonds is 2. The van der Waals surface area contributed by atoms with Crippen LogP contribution in [0.2, 0.25) is 0 Å². The molecule has 1 N–H and O–H groups in total. The maximum absolute atomic E-state index is 9.50. The molecule has 1 rings (SSSR count). The minimum Gasteiger partial charge on any atom is -0.378 e. The van der Waals surface area contributed by atoms with Crippen molar-refractivity contribution in [2.75, 3.05) is 0 Å². The van der Waals surface area contributed by atoms with Crippen molar-refractivity contribution < 1.29 is 5.11 Å². The van der Waals surface area contributed by atoms with Crippen LogP contribution in [0.4, 0.5) is 0 Å². The molecule has 0 aliphatic heterocycles. The Hall–Kier alpha value is -1.33. The first-order valence-electron chi connectivity index (χ1n) is 3.74. The molecule has 0 spiro atoms. The van der Waals surface area contributed by atoms with E-state index in [1.165, 1.54) is 0 Å². The van der Waals surface area contributed by atoms with Crippen molar-refractivity contribution in [3.05, 3.63) is 30.1 Å². The summed E-state index contributed by atoms with van der Waals surface area (Å²) in [5, 5.41) is 9.50. The van der Waals surface area contributed by atoms with E-state index in [0.717, 1.165) is 5.69 Å². The van der Waals surface area contributed by atoms with E-state index in [1.54, 1.807) is 13.1 Å². The van der Waals surface area contributed by atoms with Crippen LogP contribution in [-0.4, -0.2) is 15.7 Å². The van der Waals surface area contributed by atoms with Gasteiger partial charge in [-0.3, -0.25) is 4.98 Å². The summed E-state index contributed by atoms with van der Waals surface area (Å²) in [6.07, 6.45) is 7.20. The monoisotopic (exact) mass is 161 g/mol. The van der Waals surface area contributed by atoms with Gasteiger partial charge >= 0.3 is 0 Å². The van der Waals surface area contributed by atoms with Crippen molar-refractivity contribution in [1.82, 2.24) is 4.98 Å². The van der Waals surface area contributed by atoms with E-state index in [4.69, 9.17) is 6.42 Å². The predicted molar refractivity (Wildman–Crippen MR) is 47.4 cm³/mol. The molecule has 62 valence electrons. The topological polar surface area (TPSA) is 33.1 Å². The van der Waals surface area contributed by atoms with Gasteiger partial charge in [-0.2, -0.15) is 0 Å². The van der Waals surface area contributed by atoms with Gasteiger partial charge in [-0.15, -0.1) is 6.42 Å². The van der Waals surface area contributed by atoms with Gasteiger partial charge in [0, 0.05) is 18.3 Å². The first-order valence-corrected chi connectivity index (χ1v) is 3.74. The molecule has 0 aliphatic carbocycles. The van der Waals surface area contributed by atoms with Gasteiger partial charge in [-0.05, 0) is 19.1 Å². The second-order valence-corrected chi connectivity index (χ2v) is 2.92. The molecule has 1 aromatic heterocycles. The first kappa shape index (κ1) is 8.76. The zero-order valence-corrected chi connectivity index (χ0v) is 6.99. The van der Waals surface area contributed by atoms with Gasteiger partial charge < -0.3 is 5.11 Å². The molecule has 0 aromatic carbocycles. The molecule has 1 unspecified atom stereocenters. The molecular formula is C10H11NO. The Morgan fingerprint density at radius 3 is 2.92 bits per heavy atom. The van der Waals surface area contributed by atoms with Gasteiger partial charge in [0.2, 0.25) is 0 Å². The molecule has 0 saturated heterocycles. The summed E-state index contributed by atoms with van der Waals surface area (Å²) in [6, 6.07) is 5.54. The van der Waals surface area contributed by atoms with Crippen molar-refractivity contribution in [2.45, 2.75) is 18.9 Å². The number of pyridine rings is 1. The summed E-state index contributed by atoms with van der Waals surface area (Å²) < 4.78 is 0. The van der Waals surface area contributed by atoms with E-state index in [-0.39, 0.29) is 0 Å². The van der Waals surface area contributed by atoms with E-state index in [1.807, 2.05) is 18.2 Å². The van der Waals surface area contributed by atoms with Gasteiger partial charge in [0.25, 0.3) is 0 Å². The molecule has 0 saturated carbocycles. The molecule has 2 nitrogen and oxygen atoms in total. The van der Waals surface area contributed by atoms with Crippen LogP contribution in [0.3, 0.4) is 0 Å². The van der Waals surface area contributed by atoms with Gasteiger partial charge in [-0.25, -0.2) is 0 Å². The van der Waals surface area contributed by atoms with Crippen LogP contribution >= 0.6 is 0 Å². The molecule has 12 heavy (non-hydrogen) atoms. The highest BCUT2D eigenvalue weighted by Crippen LogP contribution is 2.08. The SMILES string of the molecule is C#CC(C)(O)Cc1ccccn1. The fraction of sp³-hybridized carbons (Fsp3) is 0.300. The fourth-order valence-corrected chi connectivity index (χ4v) is 0.906. The highest BCUT2D eigenvalue weighted by molar-refractivity contribution is 5.14. The van der Waals surface area contributed by atoms with Crippen molar-refractivity contribution >= 4 is 0 Å². The Morgan fingerprint density at radius 1 is 1.67 bits per heavy atom. The molecular weight excluding hydrogens is 150 g/mol. The van der Waals surface area contributed by atoms with E-state index < -0.39 is 5.60 Å². The number of aliphatic hydroxyl groups is 1. The average Bonchev–Trinajstić information content (AvgIpc) is 2.06. The Bertz CT molecular complexity index is 284. The summed E-state index contributed by atoms with van der Waals surface area (Å²) in [5.41, 5.74) is -0.283. The second-order valence-electron chi connectivity index (χ2n) is 2.92. The lowest BCUT2D eigenvalue weighted by molar-refractivity contribution is 0.122. The third-order valence-electron chi connectivity index (χ3n) is 1.56. The van der Waals surface area contributed by atoms with Crippen LogP contribution < -0.4 is 0 Å². The molecule has 0 fully saturated rings. The average molecular weight is 161 g/mol. The van der Waals surface area contributed by atoms with Crippen molar-refractivity contribution in [1.29, 1.82) is 0 Å². The van der Waals surface area contributed by atoms with E-state index in [9.17, 15) is 5.11 Å².